The van der Waals surface area contributed by atoms with Crippen LogP contribution >= 0.6 is 0 Å². The highest BCUT2D eigenvalue weighted by Crippen LogP contribution is 2.39. The Morgan fingerprint density at radius 2 is 1.95 bits per heavy atom. The smallest absolute Gasteiger partial charge is 0.147 e. The summed E-state index contributed by atoms with van der Waals surface area (Å²) in [5, 5.41) is 10.5. The maximum atomic E-state index is 10.5. The molecule has 0 radical (unpaired) electrons. The standard InChI is InChI=1S/C18H24N2O2/c1-4-5-6-7-12-10-13(21)15-14(11-12)22-18(2,3)17-16(15)19-8-9-20-17/h10-11,21H,4-9H2,1-3H3. The number of ether oxygens (including phenoxy) is 1. The third-order valence-corrected chi connectivity index (χ3v) is 4.25. The Labute approximate surface area is 131 Å². The van der Waals surface area contributed by atoms with Crippen molar-refractivity contribution < 1.29 is 9.84 Å². The van der Waals surface area contributed by atoms with Crippen molar-refractivity contribution in [2.24, 2.45) is 9.98 Å². The van der Waals surface area contributed by atoms with Gasteiger partial charge >= 0.3 is 0 Å². The van der Waals surface area contributed by atoms with Gasteiger partial charge in [0.2, 0.25) is 0 Å². The normalized spacial score (nSPS) is 18.7. The van der Waals surface area contributed by atoms with E-state index in [1.54, 1.807) is 0 Å². The molecule has 4 nitrogen and oxygen atoms in total. The first kappa shape index (κ1) is 15.1. The maximum absolute atomic E-state index is 10.5. The Kier molecular flexibility index (Phi) is 3.94. The number of unbranched alkanes of at least 4 members (excludes halogenated alkanes) is 2. The zero-order valence-corrected chi connectivity index (χ0v) is 13.6. The van der Waals surface area contributed by atoms with E-state index in [-0.39, 0.29) is 5.75 Å². The van der Waals surface area contributed by atoms with E-state index >= 15 is 0 Å². The van der Waals surface area contributed by atoms with Crippen LogP contribution in [-0.2, 0) is 6.42 Å². The number of rotatable bonds is 4. The van der Waals surface area contributed by atoms with Crippen molar-refractivity contribution >= 4 is 11.4 Å². The second kappa shape index (κ2) is 5.75. The van der Waals surface area contributed by atoms with Crippen LogP contribution in [0.5, 0.6) is 11.5 Å². The summed E-state index contributed by atoms with van der Waals surface area (Å²) in [7, 11) is 0. The largest absolute Gasteiger partial charge is 0.507 e. The van der Waals surface area contributed by atoms with Gasteiger partial charge in [-0.05, 0) is 44.4 Å². The summed E-state index contributed by atoms with van der Waals surface area (Å²) < 4.78 is 6.14. The highest BCUT2D eigenvalue weighted by molar-refractivity contribution is 6.52. The quantitative estimate of drug-likeness (QED) is 0.865. The molecule has 22 heavy (non-hydrogen) atoms. The first-order valence-corrected chi connectivity index (χ1v) is 8.18. The van der Waals surface area contributed by atoms with Crippen molar-refractivity contribution in [2.75, 3.05) is 13.1 Å². The summed E-state index contributed by atoms with van der Waals surface area (Å²) in [5.74, 6) is 0.990. The third-order valence-electron chi connectivity index (χ3n) is 4.25. The molecule has 2 heterocycles. The number of hydrogen-bond donors (Lipinski definition) is 1. The van der Waals surface area contributed by atoms with E-state index in [0.717, 1.165) is 35.6 Å². The molecule has 2 aliphatic rings. The maximum Gasteiger partial charge on any atom is 0.147 e. The minimum atomic E-state index is -0.499. The highest BCUT2D eigenvalue weighted by atomic mass is 16.5. The molecular formula is C18H24N2O2. The molecule has 0 aliphatic carbocycles. The zero-order chi connectivity index (χ0) is 15.7. The van der Waals surface area contributed by atoms with Crippen LogP contribution in [0.15, 0.2) is 22.1 Å². The Morgan fingerprint density at radius 1 is 1.18 bits per heavy atom. The van der Waals surface area contributed by atoms with Gasteiger partial charge in [-0.2, -0.15) is 0 Å². The molecule has 2 aliphatic heterocycles. The number of phenolic OH excluding ortho intramolecular Hbond substituents is 1. The van der Waals surface area contributed by atoms with Crippen LogP contribution in [0.25, 0.3) is 0 Å². The lowest BCUT2D eigenvalue weighted by atomic mass is 9.87. The minimum absolute atomic E-state index is 0.257. The molecule has 3 rings (SSSR count). The van der Waals surface area contributed by atoms with Gasteiger partial charge in [0, 0.05) is 0 Å². The number of phenols is 1. The van der Waals surface area contributed by atoms with Crippen LogP contribution < -0.4 is 4.74 Å². The highest BCUT2D eigenvalue weighted by Gasteiger charge is 2.40. The van der Waals surface area contributed by atoms with Crippen molar-refractivity contribution in [2.45, 2.75) is 52.1 Å². The average molecular weight is 300 g/mol. The zero-order valence-electron chi connectivity index (χ0n) is 13.6. The van der Waals surface area contributed by atoms with Crippen LogP contribution in [0.4, 0.5) is 0 Å². The summed E-state index contributed by atoms with van der Waals surface area (Å²) in [6, 6.07) is 3.91. The number of nitrogens with zero attached hydrogens (tertiary/aromatic N) is 2. The van der Waals surface area contributed by atoms with Crippen LogP contribution in [0.3, 0.4) is 0 Å². The van der Waals surface area contributed by atoms with Crippen LogP contribution in [0.1, 0.15) is 51.2 Å². The number of hydrogen-bond acceptors (Lipinski definition) is 4. The topological polar surface area (TPSA) is 54.2 Å². The van der Waals surface area contributed by atoms with Gasteiger partial charge in [-0.25, -0.2) is 0 Å². The summed E-state index contributed by atoms with van der Waals surface area (Å²) in [5.41, 5.74) is 2.98. The second-order valence-corrected chi connectivity index (χ2v) is 6.52. The Morgan fingerprint density at radius 3 is 2.73 bits per heavy atom. The number of benzene rings is 1. The number of aliphatic imine (C=N–C) groups is 2. The monoisotopic (exact) mass is 300 g/mol. The molecule has 0 unspecified atom stereocenters. The number of aryl methyl sites for hydroxylation is 1. The van der Waals surface area contributed by atoms with Gasteiger partial charge in [0.05, 0.1) is 24.4 Å². The van der Waals surface area contributed by atoms with E-state index in [0.29, 0.717) is 18.7 Å². The molecule has 0 saturated heterocycles. The fourth-order valence-electron chi connectivity index (χ4n) is 3.17. The van der Waals surface area contributed by atoms with Crippen LogP contribution in [0, 0.1) is 0 Å². The van der Waals surface area contributed by atoms with E-state index in [2.05, 4.69) is 23.0 Å². The fourth-order valence-corrected chi connectivity index (χ4v) is 3.17. The summed E-state index contributed by atoms with van der Waals surface area (Å²) in [6.45, 7) is 7.58. The predicted octanol–water partition coefficient (Wildman–Crippen LogP) is 3.54. The van der Waals surface area contributed by atoms with Gasteiger partial charge in [-0.1, -0.05) is 19.8 Å². The van der Waals surface area contributed by atoms with E-state index in [1.807, 2.05) is 19.9 Å². The molecule has 0 atom stereocenters. The lowest BCUT2D eigenvalue weighted by Gasteiger charge is -2.36. The van der Waals surface area contributed by atoms with Gasteiger partial charge < -0.3 is 9.84 Å². The molecule has 118 valence electrons. The minimum Gasteiger partial charge on any atom is -0.507 e. The molecule has 4 heteroatoms. The average Bonchev–Trinajstić information content (AvgIpc) is 2.46. The van der Waals surface area contributed by atoms with E-state index in [1.165, 1.54) is 12.8 Å². The molecule has 0 spiro atoms. The van der Waals surface area contributed by atoms with Crippen molar-refractivity contribution in [3.05, 3.63) is 23.3 Å². The van der Waals surface area contributed by atoms with E-state index in [9.17, 15) is 5.11 Å². The second-order valence-electron chi connectivity index (χ2n) is 6.52. The molecule has 0 saturated carbocycles. The molecule has 0 bridgehead atoms. The Balaban J connectivity index is 2.01. The molecule has 0 aromatic heterocycles. The van der Waals surface area contributed by atoms with Gasteiger partial charge in [-0.3, -0.25) is 9.98 Å². The van der Waals surface area contributed by atoms with Crippen molar-refractivity contribution in [3.8, 4) is 11.5 Å². The van der Waals surface area contributed by atoms with E-state index in [4.69, 9.17) is 4.74 Å². The van der Waals surface area contributed by atoms with E-state index < -0.39 is 5.60 Å². The first-order chi connectivity index (χ1) is 10.5. The molecule has 0 amide bonds. The lowest BCUT2D eigenvalue weighted by Crippen LogP contribution is -2.48. The number of fused-ring (bicyclic) bond motifs is 3. The van der Waals surface area contributed by atoms with Gasteiger partial charge in [0.15, 0.2) is 0 Å². The lowest BCUT2D eigenvalue weighted by molar-refractivity contribution is 0.179. The third kappa shape index (κ3) is 2.62. The van der Waals surface area contributed by atoms with Gasteiger partial charge in [-0.15, -0.1) is 0 Å². The van der Waals surface area contributed by atoms with Crippen molar-refractivity contribution in [1.29, 1.82) is 0 Å². The summed E-state index contributed by atoms with van der Waals surface area (Å²) >= 11 is 0. The molecule has 0 fully saturated rings. The Hall–Kier alpha value is -1.84. The molecule has 1 aromatic carbocycles. The SMILES string of the molecule is CCCCCc1cc(O)c2c(c1)OC(C)(C)C1=NCCN=C12. The fraction of sp³-hybridized carbons (Fsp3) is 0.556. The van der Waals surface area contributed by atoms with Crippen molar-refractivity contribution in [1.82, 2.24) is 0 Å². The molecule has 1 aromatic rings. The van der Waals surface area contributed by atoms with Crippen molar-refractivity contribution in [3.63, 3.8) is 0 Å². The number of aromatic hydroxyl groups is 1. The van der Waals surface area contributed by atoms with Gasteiger partial charge in [0.25, 0.3) is 0 Å². The molecular weight excluding hydrogens is 276 g/mol. The van der Waals surface area contributed by atoms with Crippen LogP contribution in [0.2, 0.25) is 0 Å². The van der Waals surface area contributed by atoms with Gasteiger partial charge in [0.1, 0.15) is 22.8 Å². The molecule has 1 N–H and O–H groups in total. The summed E-state index contributed by atoms with van der Waals surface area (Å²) in [6.07, 6.45) is 4.49. The van der Waals surface area contributed by atoms with Crippen LogP contribution in [-0.4, -0.2) is 35.2 Å². The Bertz CT molecular complexity index is 645. The predicted molar refractivity (Wildman–Crippen MR) is 89.7 cm³/mol. The summed E-state index contributed by atoms with van der Waals surface area (Å²) in [4.78, 5) is 9.18. The first-order valence-electron chi connectivity index (χ1n) is 8.18.